The lowest BCUT2D eigenvalue weighted by atomic mass is 9.88. The molecule has 0 aliphatic carbocycles. The van der Waals surface area contributed by atoms with Crippen molar-refractivity contribution in [3.8, 4) is 28.3 Å². The van der Waals surface area contributed by atoms with Gasteiger partial charge in [-0.2, -0.15) is 0 Å². The number of fused-ring (bicyclic) bond motifs is 2. The van der Waals surface area contributed by atoms with Crippen molar-refractivity contribution in [2.45, 2.75) is 39.5 Å². The zero-order valence-electron chi connectivity index (χ0n) is 35.1. The highest BCUT2D eigenvalue weighted by Gasteiger charge is 2.27. The molecular weight excluding hydrogens is 743 g/mol. The molecule has 2 aromatic heterocycles. The highest BCUT2D eigenvalue weighted by atomic mass is 15.1. The zero-order valence-corrected chi connectivity index (χ0v) is 35.1. The van der Waals surface area contributed by atoms with Crippen LogP contribution in [0.1, 0.15) is 46.2 Å². The lowest BCUT2D eigenvalue weighted by molar-refractivity contribution is 0.634. The number of benzene rings is 7. The van der Waals surface area contributed by atoms with Gasteiger partial charge in [0, 0.05) is 65.1 Å². The van der Waals surface area contributed by atoms with Crippen molar-refractivity contribution in [2.24, 2.45) is 7.05 Å². The van der Waals surface area contributed by atoms with Gasteiger partial charge < -0.3 is 18.9 Å². The number of imidazole rings is 1. The van der Waals surface area contributed by atoms with E-state index in [1.54, 1.807) is 0 Å². The van der Waals surface area contributed by atoms with Crippen LogP contribution < -0.4 is 9.80 Å². The first kappa shape index (κ1) is 36.9. The molecule has 9 aromatic rings. The van der Waals surface area contributed by atoms with Crippen LogP contribution in [0.15, 0.2) is 158 Å². The van der Waals surface area contributed by atoms with Crippen LogP contribution >= 0.6 is 0 Å². The minimum Gasteiger partial charge on any atom is -0.371 e. The summed E-state index contributed by atoms with van der Waals surface area (Å²) < 4.78 is 4.69. The molecule has 0 radical (unpaired) electrons. The topological polar surface area (TPSA) is 29.2 Å². The van der Waals surface area contributed by atoms with Gasteiger partial charge in [0.2, 0.25) is 0 Å². The van der Waals surface area contributed by atoms with E-state index in [4.69, 9.17) is 4.98 Å². The Hall–Kier alpha value is -7.11. The molecule has 5 nitrogen and oxygen atoms in total. The second-order valence-corrected chi connectivity index (χ2v) is 16.9. The summed E-state index contributed by atoms with van der Waals surface area (Å²) in [5, 5.41) is 1.24. The third-order valence-electron chi connectivity index (χ3n) is 12.9. The minimum atomic E-state index is 0.976. The van der Waals surface area contributed by atoms with E-state index < -0.39 is 0 Å². The summed E-state index contributed by atoms with van der Waals surface area (Å²) in [5.41, 5.74) is 20.9. The largest absolute Gasteiger partial charge is 0.371 e. The molecule has 0 amide bonds. The molecule has 4 heterocycles. The summed E-state index contributed by atoms with van der Waals surface area (Å²) in [6.07, 6.45) is 9.28. The first-order chi connectivity index (χ1) is 30.0. The van der Waals surface area contributed by atoms with Crippen LogP contribution in [0.25, 0.3) is 62.4 Å². The van der Waals surface area contributed by atoms with Crippen LogP contribution in [0, 0.1) is 13.8 Å². The Morgan fingerprint density at radius 1 is 0.574 bits per heavy atom. The highest BCUT2D eigenvalue weighted by molar-refractivity contribution is 6.01. The molecule has 0 fully saturated rings. The zero-order chi connectivity index (χ0) is 41.0. The number of para-hydroxylation sites is 3. The maximum atomic E-state index is 4.96. The predicted octanol–water partition coefficient (Wildman–Crippen LogP) is 13.8. The van der Waals surface area contributed by atoms with E-state index in [2.05, 4.69) is 210 Å². The second-order valence-electron chi connectivity index (χ2n) is 16.9. The predicted molar refractivity (Wildman–Crippen MR) is 257 cm³/mol. The van der Waals surface area contributed by atoms with Gasteiger partial charge in [-0.05, 0) is 141 Å². The third kappa shape index (κ3) is 6.62. The smallest absolute Gasteiger partial charge is 0.140 e. The monoisotopic (exact) mass is 791 g/mol. The van der Waals surface area contributed by atoms with E-state index in [9.17, 15) is 0 Å². The molecule has 7 aromatic carbocycles. The summed E-state index contributed by atoms with van der Waals surface area (Å²) in [6.45, 7) is 6.62. The highest BCUT2D eigenvalue weighted by Crippen LogP contribution is 2.44. The van der Waals surface area contributed by atoms with Crippen LogP contribution in [-0.4, -0.2) is 27.2 Å². The van der Waals surface area contributed by atoms with Crippen molar-refractivity contribution in [3.05, 3.63) is 191 Å². The van der Waals surface area contributed by atoms with Gasteiger partial charge in [-0.1, -0.05) is 102 Å². The first-order valence-corrected chi connectivity index (χ1v) is 21.8. The maximum Gasteiger partial charge on any atom is 0.140 e. The van der Waals surface area contributed by atoms with Gasteiger partial charge in [-0.15, -0.1) is 0 Å². The molecule has 0 saturated heterocycles. The molecule has 0 saturated carbocycles. The number of hydrogen-bond donors (Lipinski definition) is 0. The summed E-state index contributed by atoms with van der Waals surface area (Å²) in [7, 11) is 2.10. The Bertz CT molecular complexity index is 3010. The Kier molecular flexibility index (Phi) is 9.18. The molecule has 0 spiro atoms. The summed E-state index contributed by atoms with van der Waals surface area (Å²) in [5.74, 6) is 0.976. The second kappa shape index (κ2) is 15.2. The molecule has 0 atom stereocenters. The van der Waals surface area contributed by atoms with Crippen LogP contribution in [0.2, 0.25) is 0 Å². The van der Waals surface area contributed by atoms with Crippen LogP contribution in [0.4, 0.5) is 22.7 Å². The number of hydrogen-bond acceptors (Lipinski definition) is 3. The molecule has 0 unspecified atom stereocenters. The molecule has 2 aliphatic rings. The van der Waals surface area contributed by atoms with Gasteiger partial charge in [0.05, 0.1) is 22.2 Å². The van der Waals surface area contributed by atoms with Gasteiger partial charge in [0.15, 0.2) is 0 Å². The van der Waals surface area contributed by atoms with Crippen molar-refractivity contribution in [1.82, 2.24) is 14.1 Å². The Morgan fingerprint density at radius 2 is 1.15 bits per heavy atom. The van der Waals surface area contributed by atoms with Gasteiger partial charge in [0.25, 0.3) is 0 Å². The van der Waals surface area contributed by atoms with E-state index in [1.165, 1.54) is 68.5 Å². The maximum absolute atomic E-state index is 4.96. The Labute approximate surface area is 358 Å². The van der Waals surface area contributed by atoms with Crippen molar-refractivity contribution < 1.29 is 0 Å². The molecular formula is C56H49N5. The Morgan fingerprint density at radius 3 is 1.77 bits per heavy atom. The van der Waals surface area contributed by atoms with Crippen molar-refractivity contribution in [1.29, 1.82) is 0 Å². The van der Waals surface area contributed by atoms with Crippen LogP contribution in [0.5, 0.6) is 0 Å². The molecule has 0 bridgehead atoms. The summed E-state index contributed by atoms with van der Waals surface area (Å²) in [6, 6.07) is 57.9. The molecule has 0 N–H and O–H groups in total. The lowest BCUT2D eigenvalue weighted by Crippen LogP contribution is -2.34. The third-order valence-corrected chi connectivity index (χ3v) is 12.9. The average molecular weight is 792 g/mol. The van der Waals surface area contributed by atoms with Gasteiger partial charge in [0.1, 0.15) is 5.82 Å². The van der Waals surface area contributed by atoms with E-state index in [1.807, 2.05) is 0 Å². The van der Waals surface area contributed by atoms with E-state index in [0.29, 0.717) is 0 Å². The summed E-state index contributed by atoms with van der Waals surface area (Å²) in [4.78, 5) is 9.95. The normalized spacial score (nSPS) is 13.7. The number of aromatic nitrogens is 3. The number of rotatable bonds is 8. The van der Waals surface area contributed by atoms with E-state index in [0.717, 1.165) is 76.7 Å². The molecule has 5 heteroatoms. The molecule has 11 rings (SSSR count). The Balaban J connectivity index is 1.05. The standard InChI is InChI=1S/C56H49N5/c1-38-16-25-45(26-17-38)60(46-27-18-39(2)19-28-46)47-29-31-48(32-30-47)61-52-14-6-4-12-49(52)50(55(61)44-36-42-10-8-34-59-35-9-11-43(37-44)54(42)59)33-22-40-20-23-41(24-21-40)56-57-51-13-5-7-15-53(51)58(56)3/h4-7,12-33,36-37H,8-11,34-35H2,1-3H3/b33-22+. The number of nitrogens with zero attached hydrogens (tertiary/aromatic N) is 5. The average Bonchev–Trinajstić information content (AvgIpc) is 3.82. The van der Waals surface area contributed by atoms with Crippen LogP contribution in [0.3, 0.4) is 0 Å². The first-order valence-electron chi connectivity index (χ1n) is 21.8. The quantitative estimate of drug-likeness (QED) is 0.153. The van der Waals surface area contributed by atoms with E-state index >= 15 is 0 Å². The fourth-order valence-corrected chi connectivity index (χ4v) is 9.84. The van der Waals surface area contributed by atoms with Crippen LogP contribution in [-0.2, 0) is 19.9 Å². The fourth-order valence-electron chi connectivity index (χ4n) is 9.84. The molecule has 61 heavy (non-hydrogen) atoms. The van der Waals surface area contributed by atoms with Gasteiger partial charge >= 0.3 is 0 Å². The van der Waals surface area contributed by atoms with Gasteiger partial charge in [-0.3, -0.25) is 0 Å². The minimum absolute atomic E-state index is 0.976. The van der Waals surface area contributed by atoms with Crippen molar-refractivity contribution >= 4 is 56.8 Å². The number of anilines is 4. The van der Waals surface area contributed by atoms with Gasteiger partial charge in [-0.25, -0.2) is 4.98 Å². The summed E-state index contributed by atoms with van der Waals surface area (Å²) >= 11 is 0. The van der Waals surface area contributed by atoms with Crippen molar-refractivity contribution in [2.75, 3.05) is 22.9 Å². The number of aryl methyl sites for hydroxylation is 5. The molecule has 2 aliphatic heterocycles. The fraction of sp³-hybridized carbons (Fsp3) is 0.161. The molecule has 298 valence electrons. The lowest BCUT2D eigenvalue weighted by Gasteiger charge is -2.37. The van der Waals surface area contributed by atoms with Crippen molar-refractivity contribution in [3.63, 3.8) is 0 Å². The SMILES string of the molecule is Cc1ccc(N(c2ccc(C)cc2)c2ccc(-n3c(-c4cc5c6c(c4)CCCN6CCC5)c(/C=C/c4ccc(-c5nc6ccccc6n5C)cc4)c4ccccc43)cc2)cc1. The van der Waals surface area contributed by atoms with E-state index in [-0.39, 0.29) is 0 Å².